The van der Waals surface area contributed by atoms with Crippen molar-refractivity contribution in [3.63, 3.8) is 0 Å². The SMILES string of the molecule is COC(=O)c1c(NC(=S)Nc2ccc(C(F)(F)F)cc2)sc(C(=O)N(C)C)c1C. The minimum absolute atomic E-state index is 0.0417. The predicted molar refractivity (Wildman–Crippen MR) is 110 cm³/mol. The molecule has 2 aromatic rings. The van der Waals surface area contributed by atoms with E-state index in [2.05, 4.69) is 10.6 Å². The topological polar surface area (TPSA) is 70.7 Å². The molecule has 2 rings (SSSR count). The number of nitrogens with zero attached hydrogens (tertiary/aromatic N) is 1. The van der Waals surface area contributed by atoms with Crippen LogP contribution < -0.4 is 10.6 Å². The van der Waals surface area contributed by atoms with Gasteiger partial charge in [-0.15, -0.1) is 11.3 Å². The van der Waals surface area contributed by atoms with E-state index in [9.17, 15) is 22.8 Å². The van der Waals surface area contributed by atoms with Crippen LogP contribution in [-0.2, 0) is 10.9 Å². The monoisotopic (exact) mass is 445 g/mol. The Bertz CT molecular complexity index is 938. The lowest BCUT2D eigenvalue weighted by molar-refractivity contribution is -0.137. The van der Waals surface area contributed by atoms with E-state index in [4.69, 9.17) is 17.0 Å². The number of carbonyl (C=O) groups excluding carboxylic acids is 2. The second-order valence-corrected chi connectivity index (χ2v) is 7.53. The standard InChI is InChI=1S/C18H18F3N3O3S2/c1-9-12(16(26)27-4)14(29-13(9)15(25)24(2)3)23-17(28)22-11-7-5-10(6-8-11)18(19,20)21/h5-8H,1-4H3,(H2,22,23,28). The Labute approximate surface area is 174 Å². The van der Waals surface area contributed by atoms with Crippen molar-refractivity contribution in [2.45, 2.75) is 13.1 Å². The molecule has 1 amide bonds. The molecule has 6 nitrogen and oxygen atoms in total. The molecule has 0 bridgehead atoms. The highest BCUT2D eigenvalue weighted by Crippen LogP contribution is 2.34. The lowest BCUT2D eigenvalue weighted by Gasteiger charge is -2.12. The first kappa shape index (κ1) is 22.6. The normalized spacial score (nSPS) is 11.0. The summed E-state index contributed by atoms with van der Waals surface area (Å²) in [5, 5.41) is 5.90. The summed E-state index contributed by atoms with van der Waals surface area (Å²) >= 11 is 6.22. The Kier molecular flexibility index (Phi) is 6.85. The Morgan fingerprint density at radius 1 is 1.14 bits per heavy atom. The molecule has 0 spiro atoms. The van der Waals surface area contributed by atoms with Crippen molar-refractivity contribution >= 4 is 51.2 Å². The van der Waals surface area contributed by atoms with Crippen molar-refractivity contribution in [2.75, 3.05) is 31.8 Å². The van der Waals surface area contributed by atoms with Gasteiger partial charge in [-0.1, -0.05) is 0 Å². The summed E-state index contributed by atoms with van der Waals surface area (Å²) in [5.41, 5.74) is 0.156. The zero-order valence-electron chi connectivity index (χ0n) is 15.9. The number of esters is 1. The van der Waals surface area contributed by atoms with Gasteiger partial charge in [0.15, 0.2) is 5.11 Å². The Morgan fingerprint density at radius 3 is 2.21 bits per heavy atom. The molecule has 0 saturated carbocycles. The number of rotatable bonds is 4. The third-order valence-corrected chi connectivity index (χ3v) is 5.23. The number of amides is 1. The molecular formula is C18H18F3N3O3S2. The number of hydrogen-bond acceptors (Lipinski definition) is 5. The van der Waals surface area contributed by atoms with Crippen LogP contribution in [0, 0.1) is 6.92 Å². The number of carbonyl (C=O) groups is 2. The van der Waals surface area contributed by atoms with Crippen LogP contribution in [0.15, 0.2) is 24.3 Å². The van der Waals surface area contributed by atoms with Gasteiger partial charge in [-0.25, -0.2) is 4.79 Å². The lowest BCUT2D eigenvalue weighted by atomic mass is 10.1. The molecule has 11 heteroatoms. The van der Waals surface area contributed by atoms with Crippen molar-refractivity contribution in [1.82, 2.24) is 4.90 Å². The molecule has 2 N–H and O–H groups in total. The second kappa shape index (κ2) is 8.78. The Hall–Kier alpha value is -2.66. The molecule has 0 atom stereocenters. The van der Waals surface area contributed by atoms with E-state index in [0.717, 1.165) is 23.5 Å². The number of hydrogen-bond donors (Lipinski definition) is 2. The predicted octanol–water partition coefficient (Wildman–Crippen LogP) is 4.37. The molecule has 0 saturated heterocycles. The van der Waals surface area contributed by atoms with E-state index in [1.807, 2.05) is 0 Å². The van der Waals surface area contributed by atoms with Gasteiger partial charge in [-0.2, -0.15) is 13.2 Å². The maximum Gasteiger partial charge on any atom is 0.416 e. The summed E-state index contributed by atoms with van der Waals surface area (Å²) < 4.78 is 42.7. The van der Waals surface area contributed by atoms with Gasteiger partial charge in [0, 0.05) is 19.8 Å². The summed E-state index contributed by atoms with van der Waals surface area (Å²) in [4.78, 5) is 26.2. The molecule has 0 unspecified atom stereocenters. The summed E-state index contributed by atoms with van der Waals surface area (Å²) in [6, 6.07) is 4.32. The zero-order chi connectivity index (χ0) is 21.9. The summed E-state index contributed by atoms with van der Waals surface area (Å²) in [6.45, 7) is 1.62. The smallest absolute Gasteiger partial charge is 0.416 e. The average Bonchev–Trinajstić information content (AvgIpc) is 2.95. The molecular weight excluding hydrogens is 427 g/mol. The fourth-order valence-corrected chi connectivity index (χ4v) is 3.87. The maximum atomic E-state index is 12.7. The molecule has 0 aliphatic rings. The molecule has 1 aromatic carbocycles. The first-order chi connectivity index (χ1) is 13.5. The lowest BCUT2D eigenvalue weighted by Crippen LogP contribution is -2.21. The third kappa shape index (κ3) is 5.24. The van der Waals surface area contributed by atoms with E-state index < -0.39 is 17.7 Å². The molecule has 0 aliphatic heterocycles. The average molecular weight is 445 g/mol. The van der Waals surface area contributed by atoms with Crippen LogP contribution in [0.5, 0.6) is 0 Å². The number of ether oxygens (including phenoxy) is 1. The first-order valence-corrected chi connectivity index (χ1v) is 9.36. The van der Waals surface area contributed by atoms with Gasteiger partial charge >= 0.3 is 12.1 Å². The van der Waals surface area contributed by atoms with Gasteiger partial charge in [0.2, 0.25) is 0 Å². The van der Waals surface area contributed by atoms with Gasteiger partial charge < -0.3 is 20.3 Å². The number of nitrogens with one attached hydrogen (secondary N) is 2. The number of anilines is 2. The van der Waals surface area contributed by atoms with E-state index in [1.54, 1.807) is 21.0 Å². The van der Waals surface area contributed by atoms with Crippen LogP contribution in [-0.4, -0.2) is 43.1 Å². The van der Waals surface area contributed by atoms with Gasteiger partial charge in [0.25, 0.3) is 5.91 Å². The van der Waals surface area contributed by atoms with Gasteiger partial charge in [-0.3, -0.25) is 4.79 Å². The highest BCUT2D eigenvalue weighted by molar-refractivity contribution is 7.80. The van der Waals surface area contributed by atoms with Crippen molar-refractivity contribution in [3.05, 3.63) is 45.8 Å². The highest BCUT2D eigenvalue weighted by Gasteiger charge is 2.30. The van der Waals surface area contributed by atoms with Crippen molar-refractivity contribution in [2.24, 2.45) is 0 Å². The summed E-state index contributed by atoms with van der Waals surface area (Å²) in [6.07, 6.45) is -4.43. The summed E-state index contributed by atoms with van der Waals surface area (Å²) in [5.74, 6) is -0.927. The molecule has 0 fully saturated rings. The van der Waals surface area contributed by atoms with E-state index in [0.29, 0.717) is 21.1 Å². The van der Waals surface area contributed by atoms with Crippen LogP contribution in [0.4, 0.5) is 23.9 Å². The molecule has 29 heavy (non-hydrogen) atoms. The van der Waals surface area contributed by atoms with Gasteiger partial charge in [-0.05, 0) is 49.0 Å². The minimum atomic E-state index is -4.43. The number of methoxy groups -OCH3 is 1. The van der Waals surface area contributed by atoms with E-state index in [-0.39, 0.29) is 16.6 Å². The molecule has 0 radical (unpaired) electrons. The van der Waals surface area contributed by atoms with E-state index >= 15 is 0 Å². The van der Waals surface area contributed by atoms with Crippen molar-refractivity contribution < 1.29 is 27.5 Å². The second-order valence-electron chi connectivity index (χ2n) is 6.11. The van der Waals surface area contributed by atoms with Crippen molar-refractivity contribution in [1.29, 1.82) is 0 Å². The van der Waals surface area contributed by atoms with E-state index in [1.165, 1.54) is 24.1 Å². The molecule has 0 aliphatic carbocycles. The molecule has 156 valence electrons. The summed E-state index contributed by atoms with van der Waals surface area (Å²) in [7, 11) is 4.39. The Morgan fingerprint density at radius 2 is 1.72 bits per heavy atom. The van der Waals surface area contributed by atoms with Crippen LogP contribution in [0.25, 0.3) is 0 Å². The molecule has 1 aromatic heterocycles. The third-order valence-electron chi connectivity index (χ3n) is 3.83. The highest BCUT2D eigenvalue weighted by atomic mass is 32.1. The number of alkyl halides is 3. The van der Waals surface area contributed by atoms with Crippen LogP contribution in [0.1, 0.15) is 31.2 Å². The Balaban J connectivity index is 2.26. The zero-order valence-corrected chi connectivity index (χ0v) is 17.6. The largest absolute Gasteiger partial charge is 0.465 e. The number of halogens is 3. The quantitative estimate of drug-likeness (QED) is 0.538. The van der Waals surface area contributed by atoms with Gasteiger partial charge in [0.1, 0.15) is 5.00 Å². The number of thiophene rings is 1. The molecule has 1 heterocycles. The van der Waals surface area contributed by atoms with Gasteiger partial charge in [0.05, 0.1) is 23.1 Å². The fourth-order valence-electron chi connectivity index (χ4n) is 2.36. The van der Waals surface area contributed by atoms with Crippen LogP contribution in [0.2, 0.25) is 0 Å². The van der Waals surface area contributed by atoms with Crippen molar-refractivity contribution in [3.8, 4) is 0 Å². The number of benzene rings is 1. The van der Waals surface area contributed by atoms with Crippen LogP contribution in [0.3, 0.4) is 0 Å². The minimum Gasteiger partial charge on any atom is -0.465 e. The first-order valence-electron chi connectivity index (χ1n) is 8.14. The number of thiocarbonyl (C=S) groups is 1. The van der Waals surface area contributed by atoms with Crippen LogP contribution >= 0.6 is 23.6 Å². The maximum absolute atomic E-state index is 12.7. The fraction of sp³-hybridized carbons (Fsp3) is 0.278.